The molecule has 0 bridgehead atoms. The van der Waals surface area contributed by atoms with Crippen LogP contribution in [0.5, 0.6) is 0 Å². The maximum absolute atomic E-state index is 11.2. The van der Waals surface area contributed by atoms with Gasteiger partial charge in [-0.15, -0.1) is 0 Å². The summed E-state index contributed by atoms with van der Waals surface area (Å²) in [6.45, 7) is 1.54. The van der Waals surface area contributed by atoms with Crippen LogP contribution in [0.3, 0.4) is 0 Å². The SMILES string of the molecule is CC(=O)C(Br)(Br)c1ccccc1. The van der Waals surface area contributed by atoms with Gasteiger partial charge >= 0.3 is 0 Å². The molecule has 0 spiro atoms. The second-order valence-electron chi connectivity index (χ2n) is 2.50. The van der Waals surface area contributed by atoms with Gasteiger partial charge in [0, 0.05) is 0 Å². The van der Waals surface area contributed by atoms with E-state index < -0.39 is 3.23 Å². The molecular formula is C9H8Br2O. The molecule has 1 nitrogen and oxygen atoms in total. The lowest BCUT2D eigenvalue weighted by atomic mass is 10.1. The van der Waals surface area contributed by atoms with E-state index in [0.29, 0.717) is 0 Å². The Bertz CT molecular complexity index is 280. The van der Waals surface area contributed by atoms with Gasteiger partial charge < -0.3 is 0 Å². The molecule has 0 atom stereocenters. The van der Waals surface area contributed by atoms with Crippen LogP contribution >= 0.6 is 31.9 Å². The highest BCUT2D eigenvalue weighted by atomic mass is 79.9. The minimum atomic E-state index is -0.721. The Hall–Kier alpha value is -0.150. The summed E-state index contributed by atoms with van der Waals surface area (Å²) in [5, 5.41) is 0. The van der Waals surface area contributed by atoms with Crippen LogP contribution in [0.25, 0.3) is 0 Å². The van der Waals surface area contributed by atoms with E-state index in [4.69, 9.17) is 0 Å². The average Bonchev–Trinajstić information content (AvgIpc) is 2.06. The molecule has 0 aliphatic rings. The van der Waals surface area contributed by atoms with Crippen molar-refractivity contribution in [1.29, 1.82) is 0 Å². The van der Waals surface area contributed by atoms with E-state index in [1.807, 2.05) is 30.3 Å². The predicted octanol–water partition coefficient (Wildman–Crippen LogP) is 3.22. The Morgan fingerprint density at radius 3 is 2.17 bits per heavy atom. The molecule has 0 aliphatic heterocycles. The quantitative estimate of drug-likeness (QED) is 0.765. The van der Waals surface area contributed by atoms with Crippen LogP contribution in [0.1, 0.15) is 12.5 Å². The molecular weight excluding hydrogens is 284 g/mol. The van der Waals surface area contributed by atoms with Gasteiger partial charge in [-0.05, 0) is 12.5 Å². The van der Waals surface area contributed by atoms with E-state index in [9.17, 15) is 4.79 Å². The van der Waals surface area contributed by atoms with Crippen LogP contribution in [-0.2, 0) is 8.03 Å². The summed E-state index contributed by atoms with van der Waals surface area (Å²) in [4.78, 5) is 11.2. The predicted molar refractivity (Wildman–Crippen MR) is 56.7 cm³/mol. The smallest absolute Gasteiger partial charge is 0.163 e. The van der Waals surface area contributed by atoms with Crippen molar-refractivity contribution in [3.8, 4) is 0 Å². The zero-order chi connectivity index (χ0) is 9.19. The molecule has 0 fully saturated rings. The van der Waals surface area contributed by atoms with Gasteiger partial charge in [-0.2, -0.15) is 0 Å². The summed E-state index contributed by atoms with van der Waals surface area (Å²) in [6.07, 6.45) is 0. The summed E-state index contributed by atoms with van der Waals surface area (Å²) in [5.41, 5.74) is 0.914. The van der Waals surface area contributed by atoms with Gasteiger partial charge in [0.2, 0.25) is 0 Å². The number of halogens is 2. The van der Waals surface area contributed by atoms with Gasteiger partial charge in [0.1, 0.15) is 0 Å². The Morgan fingerprint density at radius 1 is 1.25 bits per heavy atom. The van der Waals surface area contributed by atoms with E-state index in [1.165, 1.54) is 6.92 Å². The topological polar surface area (TPSA) is 17.1 Å². The highest BCUT2D eigenvalue weighted by molar-refractivity contribution is 9.25. The van der Waals surface area contributed by atoms with E-state index in [2.05, 4.69) is 31.9 Å². The first kappa shape index (κ1) is 9.93. The molecule has 12 heavy (non-hydrogen) atoms. The summed E-state index contributed by atoms with van der Waals surface area (Å²) in [6, 6.07) is 9.50. The standard InChI is InChI=1S/C9H8Br2O/c1-7(12)9(10,11)8-5-3-2-4-6-8/h2-6H,1H3. The minimum Gasteiger partial charge on any atom is -0.297 e. The van der Waals surface area contributed by atoms with Gasteiger partial charge in [0.05, 0.1) is 0 Å². The number of alkyl halides is 2. The molecule has 0 heterocycles. The minimum absolute atomic E-state index is 0.0358. The van der Waals surface area contributed by atoms with E-state index in [1.54, 1.807) is 0 Å². The van der Waals surface area contributed by atoms with Crippen LogP contribution in [-0.4, -0.2) is 5.78 Å². The molecule has 0 saturated heterocycles. The number of benzene rings is 1. The summed E-state index contributed by atoms with van der Waals surface area (Å²) in [7, 11) is 0. The molecule has 64 valence electrons. The summed E-state index contributed by atoms with van der Waals surface area (Å²) < 4.78 is -0.721. The molecule has 0 saturated carbocycles. The van der Waals surface area contributed by atoms with Crippen LogP contribution in [0.15, 0.2) is 30.3 Å². The fourth-order valence-electron chi connectivity index (χ4n) is 0.851. The highest BCUT2D eigenvalue weighted by Gasteiger charge is 2.30. The molecule has 0 radical (unpaired) electrons. The molecule has 3 heteroatoms. The molecule has 0 aliphatic carbocycles. The van der Waals surface area contributed by atoms with E-state index in [-0.39, 0.29) is 5.78 Å². The largest absolute Gasteiger partial charge is 0.297 e. The van der Waals surface area contributed by atoms with Crippen LogP contribution in [0.4, 0.5) is 0 Å². The van der Waals surface area contributed by atoms with Crippen LogP contribution in [0.2, 0.25) is 0 Å². The van der Waals surface area contributed by atoms with Crippen molar-refractivity contribution >= 4 is 37.6 Å². The fourth-order valence-corrected chi connectivity index (χ4v) is 1.38. The lowest BCUT2D eigenvalue weighted by Crippen LogP contribution is -2.18. The number of hydrogen-bond acceptors (Lipinski definition) is 1. The molecule has 0 amide bonds. The third-order valence-corrected chi connectivity index (χ3v) is 3.61. The van der Waals surface area contributed by atoms with Crippen molar-refractivity contribution < 1.29 is 4.79 Å². The molecule has 0 unspecified atom stereocenters. The number of carbonyl (C=O) groups excluding carboxylic acids is 1. The number of hydrogen-bond donors (Lipinski definition) is 0. The first-order valence-corrected chi connectivity index (χ1v) is 5.08. The fraction of sp³-hybridized carbons (Fsp3) is 0.222. The van der Waals surface area contributed by atoms with Gasteiger partial charge in [-0.1, -0.05) is 62.2 Å². The Balaban J connectivity index is 3.06. The number of carbonyl (C=O) groups is 1. The van der Waals surface area contributed by atoms with Gasteiger partial charge in [-0.25, -0.2) is 0 Å². The van der Waals surface area contributed by atoms with Gasteiger partial charge in [-0.3, -0.25) is 4.79 Å². The normalized spacial score (nSPS) is 11.2. The molecule has 1 aromatic carbocycles. The van der Waals surface area contributed by atoms with Crippen molar-refractivity contribution in [2.75, 3.05) is 0 Å². The second-order valence-corrected chi connectivity index (χ2v) is 5.94. The third-order valence-electron chi connectivity index (χ3n) is 1.58. The Labute approximate surface area is 88.4 Å². The van der Waals surface area contributed by atoms with Crippen molar-refractivity contribution in [2.24, 2.45) is 0 Å². The van der Waals surface area contributed by atoms with Gasteiger partial charge in [0.15, 0.2) is 9.02 Å². The number of ketones is 1. The third kappa shape index (κ3) is 1.96. The zero-order valence-corrected chi connectivity index (χ0v) is 9.72. The maximum atomic E-state index is 11.2. The summed E-state index contributed by atoms with van der Waals surface area (Å²) >= 11 is 6.64. The maximum Gasteiger partial charge on any atom is 0.163 e. The van der Waals surface area contributed by atoms with Gasteiger partial charge in [0.25, 0.3) is 0 Å². The number of Topliss-reactive ketones (excluding diaryl/α,β-unsaturated/α-hetero) is 1. The van der Waals surface area contributed by atoms with Crippen molar-refractivity contribution in [3.05, 3.63) is 35.9 Å². The number of rotatable bonds is 2. The lowest BCUT2D eigenvalue weighted by Gasteiger charge is -2.16. The first-order valence-electron chi connectivity index (χ1n) is 3.49. The van der Waals surface area contributed by atoms with Crippen LogP contribution < -0.4 is 0 Å². The molecule has 0 aromatic heterocycles. The molecule has 1 aromatic rings. The average molecular weight is 292 g/mol. The van der Waals surface area contributed by atoms with E-state index in [0.717, 1.165) is 5.56 Å². The summed E-state index contributed by atoms with van der Waals surface area (Å²) in [5.74, 6) is 0.0358. The van der Waals surface area contributed by atoms with Crippen LogP contribution in [0, 0.1) is 0 Å². The Kier molecular flexibility index (Phi) is 3.07. The lowest BCUT2D eigenvalue weighted by molar-refractivity contribution is -0.117. The zero-order valence-electron chi connectivity index (χ0n) is 6.55. The first-order chi connectivity index (χ1) is 5.55. The highest BCUT2D eigenvalue weighted by Crippen LogP contribution is 2.38. The van der Waals surface area contributed by atoms with Crippen molar-refractivity contribution in [1.82, 2.24) is 0 Å². The second kappa shape index (κ2) is 3.71. The van der Waals surface area contributed by atoms with Crippen molar-refractivity contribution in [3.63, 3.8) is 0 Å². The van der Waals surface area contributed by atoms with E-state index >= 15 is 0 Å². The Morgan fingerprint density at radius 2 is 1.75 bits per heavy atom. The molecule has 0 N–H and O–H groups in total. The molecule has 1 rings (SSSR count). The monoisotopic (exact) mass is 290 g/mol. The van der Waals surface area contributed by atoms with Crippen molar-refractivity contribution in [2.45, 2.75) is 10.2 Å².